The monoisotopic (exact) mass is 362 g/mol. The van der Waals surface area contributed by atoms with Gasteiger partial charge in [0.05, 0.1) is 12.8 Å². The summed E-state index contributed by atoms with van der Waals surface area (Å²) in [5, 5.41) is 5.87. The van der Waals surface area contributed by atoms with Crippen LogP contribution in [0, 0.1) is 13.8 Å². The largest absolute Gasteiger partial charge is 0.459 e. The zero-order valence-electron chi connectivity index (χ0n) is 15.3. The van der Waals surface area contributed by atoms with Crippen molar-refractivity contribution in [2.75, 3.05) is 10.6 Å². The van der Waals surface area contributed by atoms with Crippen molar-refractivity contribution in [1.82, 2.24) is 0 Å². The Balaban J connectivity index is 1.56. The SMILES string of the molecule is Cc1ccc(NC(N)=NCc2ccc(NC(=O)c3ccco3)cc2)cc1C. The van der Waals surface area contributed by atoms with Gasteiger partial charge >= 0.3 is 0 Å². The fourth-order valence-electron chi connectivity index (χ4n) is 2.48. The second kappa shape index (κ2) is 8.23. The van der Waals surface area contributed by atoms with Gasteiger partial charge in [0.15, 0.2) is 11.7 Å². The topological polar surface area (TPSA) is 92.6 Å². The first-order valence-electron chi connectivity index (χ1n) is 8.59. The highest BCUT2D eigenvalue weighted by Gasteiger charge is 2.08. The van der Waals surface area contributed by atoms with Gasteiger partial charge in [-0.2, -0.15) is 0 Å². The summed E-state index contributed by atoms with van der Waals surface area (Å²) in [7, 11) is 0. The van der Waals surface area contributed by atoms with Gasteiger partial charge in [-0.05, 0) is 66.9 Å². The molecule has 1 aromatic heterocycles. The first-order chi connectivity index (χ1) is 13.0. The Bertz CT molecular complexity index is 945. The molecule has 0 aliphatic heterocycles. The van der Waals surface area contributed by atoms with Crippen molar-refractivity contribution < 1.29 is 9.21 Å². The summed E-state index contributed by atoms with van der Waals surface area (Å²) in [5.74, 6) is 0.343. The van der Waals surface area contributed by atoms with Crippen molar-refractivity contribution in [3.63, 3.8) is 0 Å². The second-order valence-electron chi connectivity index (χ2n) is 6.25. The summed E-state index contributed by atoms with van der Waals surface area (Å²) in [5.41, 5.74) is 11.0. The van der Waals surface area contributed by atoms with Gasteiger partial charge in [0.1, 0.15) is 0 Å². The van der Waals surface area contributed by atoms with Crippen LogP contribution in [0.25, 0.3) is 0 Å². The molecule has 1 amide bonds. The third-order valence-corrected chi connectivity index (χ3v) is 4.17. The number of amides is 1. The third-order valence-electron chi connectivity index (χ3n) is 4.17. The number of benzene rings is 2. The average molecular weight is 362 g/mol. The minimum atomic E-state index is -0.285. The Morgan fingerprint density at radius 1 is 1.00 bits per heavy atom. The highest BCUT2D eigenvalue weighted by molar-refractivity contribution is 6.02. The minimum Gasteiger partial charge on any atom is -0.459 e. The molecule has 6 nitrogen and oxygen atoms in total. The lowest BCUT2D eigenvalue weighted by Crippen LogP contribution is -2.22. The minimum absolute atomic E-state index is 0.272. The molecule has 0 aliphatic rings. The maximum atomic E-state index is 11.9. The van der Waals surface area contributed by atoms with Crippen LogP contribution in [-0.2, 0) is 6.54 Å². The first-order valence-corrected chi connectivity index (χ1v) is 8.59. The van der Waals surface area contributed by atoms with E-state index < -0.39 is 0 Å². The lowest BCUT2D eigenvalue weighted by Gasteiger charge is -2.08. The van der Waals surface area contributed by atoms with Gasteiger partial charge in [-0.1, -0.05) is 18.2 Å². The number of nitrogens with two attached hydrogens (primary N) is 1. The predicted octanol–water partition coefficient (Wildman–Crippen LogP) is 4.08. The van der Waals surface area contributed by atoms with Gasteiger partial charge in [-0.3, -0.25) is 4.79 Å². The average Bonchev–Trinajstić information content (AvgIpc) is 3.19. The number of anilines is 2. The van der Waals surface area contributed by atoms with Gasteiger partial charge in [0.2, 0.25) is 0 Å². The number of carbonyl (C=O) groups is 1. The summed E-state index contributed by atoms with van der Waals surface area (Å²) in [6.07, 6.45) is 1.46. The number of carbonyl (C=O) groups excluding carboxylic acids is 1. The van der Waals surface area contributed by atoms with Crippen molar-refractivity contribution in [1.29, 1.82) is 0 Å². The molecule has 0 fully saturated rings. The molecule has 0 saturated carbocycles. The number of guanidine groups is 1. The van der Waals surface area contributed by atoms with Gasteiger partial charge in [0.25, 0.3) is 5.91 Å². The van der Waals surface area contributed by atoms with Crippen LogP contribution in [0.2, 0.25) is 0 Å². The van der Waals surface area contributed by atoms with E-state index in [9.17, 15) is 4.79 Å². The fourth-order valence-corrected chi connectivity index (χ4v) is 2.48. The van der Waals surface area contributed by atoms with E-state index in [4.69, 9.17) is 10.2 Å². The van der Waals surface area contributed by atoms with E-state index in [1.165, 1.54) is 17.4 Å². The second-order valence-corrected chi connectivity index (χ2v) is 6.25. The molecule has 0 bridgehead atoms. The molecule has 3 aromatic rings. The van der Waals surface area contributed by atoms with E-state index in [-0.39, 0.29) is 11.7 Å². The Labute approximate surface area is 158 Å². The van der Waals surface area contributed by atoms with Gasteiger partial charge < -0.3 is 20.8 Å². The van der Waals surface area contributed by atoms with Crippen LogP contribution >= 0.6 is 0 Å². The molecule has 0 saturated heterocycles. The van der Waals surface area contributed by atoms with E-state index in [1.807, 2.05) is 42.5 Å². The normalized spacial score (nSPS) is 11.3. The van der Waals surface area contributed by atoms with E-state index >= 15 is 0 Å². The van der Waals surface area contributed by atoms with E-state index in [2.05, 4.69) is 29.5 Å². The maximum Gasteiger partial charge on any atom is 0.291 e. The summed E-state index contributed by atoms with van der Waals surface area (Å²) in [4.78, 5) is 16.3. The highest BCUT2D eigenvalue weighted by Crippen LogP contribution is 2.15. The quantitative estimate of drug-likeness (QED) is 0.471. The summed E-state index contributed by atoms with van der Waals surface area (Å²) < 4.78 is 5.07. The van der Waals surface area contributed by atoms with Crippen LogP contribution < -0.4 is 16.4 Å². The number of aryl methyl sites for hydroxylation is 2. The van der Waals surface area contributed by atoms with Gasteiger partial charge in [0, 0.05) is 11.4 Å². The van der Waals surface area contributed by atoms with Crippen molar-refractivity contribution in [3.8, 4) is 0 Å². The Hall–Kier alpha value is -3.54. The van der Waals surface area contributed by atoms with Crippen molar-refractivity contribution in [2.45, 2.75) is 20.4 Å². The molecule has 2 aromatic carbocycles. The molecule has 0 radical (unpaired) electrons. The number of aliphatic imine (C=N–C) groups is 1. The van der Waals surface area contributed by atoms with Crippen molar-refractivity contribution in [2.24, 2.45) is 10.7 Å². The van der Waals surface area contributed by atoms with Crippen LogP contribution in [0.15, 0.2) is 70.3 Å². The van der Waals surface area contributed by atoms with Crippen LogP contribution in [0.1, 0.15) is 27.2 Å². The molecule has 6 heteroatoms. The van der Waals surface area contributed by atoms with Crippen molar-refractivity contribution >= 4 is 23.2 Å². The highest BCUT2D eigenvalue weighted by atomic mass is 16.3. The Morgan fingerprint density at radius 3 is 2.41 bits per heavy atom. The molecule has 4 N–H and O–H groups in total. The van der Waals surface area contributed by atoms with Crippen LogP contribution in [-0.4, -0.2) is 11.9 Å². The Morgan fingerprint density at radius 2 is 1.74 bits per heavy atom. The molecule has 3 rings (SSSR count). The molecular formula is C21H22N4O2. The molecule has 1 heterocycles. The molecule has 27 heavy (non-hydrogen) atoms. The van der Waals surface area contributed by atoms with Gasteiger partial charge in [-0.15, -0.1) is 0 Å². The zero-order valence-corrected chi connectivity index (χ0v) is 15.3. The van der Waals surface area contributed by atoms with Crippen LogP contribution in [0.5, 0.6) is 0 Å². The van der Waals surface area contributed by atoms with Gasteiger partial charge in [-0.25, -0.2) is 4.99 Å². The zero-order chi connectivity index (χ0) is 19.2. The smallest absolute Gasteiger partial charge is 0.291 e. The lowest BCUT2D eigenvalue weighted by molar-refractivity contribution is 0.0996. The maximum absolute atomic E-state index is 11.9. The summed E-state index contributed by atoms with van der Waals surface area (Å²) >= 11 is 0. The first kappa shape index (κ1) is 18.3. The summed E-state index contributed by atoms with van der Waals surface area (Å²) in [6, 6.07) is 16.8. The molecule has 0 unspecified atom stereocenters. The van der Waals surface area contributed by atoms with Crippen molar-refractivity contribution in [3.05, 3.63) is 83.3 Å². The van der Waals surface area contributed by atoms with E-state index in [0.717, 1.165) is 11.3 Å². The third kappa shape index (κ3) is 4.98. The number of rotatable bonds is 5. The van der Waals surface area contributed by atoms with E-state index in [0.29, 0.717) is 18.2 Å². The molecule has 138 valence electrons. The number of nitrogens with one attached hydrogen (secondary N) is 2. The fraction of sp³-hybridized carbons (Fsp3) is 0.143. The lowest BCUT2D eigenvalue weighted by atomic mass is 10.1. The standard InChI is InChI=1S/C21H22N4O2/c1-14-5-8-18(12-15(14)2)25-21(22)23-13-16-6-9-17(10-7-16)24-20(26)19-4-3-11-27-19/h3-12H,13H2,1-2H3,(H,24,26)(H3,22,23,25). The molecular weight excluding hydrogens is 340 g/mol. The molecule has 0 aliphatic carbocycles. The van der Waals surface area contributed by atoms with Crippen LogP contribution in [0.4, 0.5) is 11.4 Å². The number of furan rings is 1. The molecule has 0 spiro atoms. The van der Waals surface area contributed by atoms with Crippen LogP contribution in [0.3, 0.4) is 0 Å². The van der Waals surface area contributed by atoms with E-state index in [1.54, 1.807) is 12.1 Å². The number of hydrogen-bond donors (Lipinski definition) is 3. The number of hydrogen-bond acceptors (Lipinski definition) is 3. The summed E-state index contributed by atoms with van der Waals surface area (Å²) in [6.45, 7) is 4.56. The predicted molar refractivity (Wildman–Crippen MR) is 108 cm³/mol. The molecule has 0 atom stereocenters. The Kier molecular flexibility index (Phi) is 5.56. The number of nitrogens with zero attached hydrogens (tertiary/aromatic N) is 1.